The second-order valence-electron chi connectivity index (χ2n) is 15.2. The monoisotopic (exact) mass is 761 g/mol. The predicted molar refractivity (Wildman–Crippen MR) is 246 cm³/mol. The molecule has 12 rings (SSSR count). The van der Waals surface area contributed by atoms with E-state index in [9.17, 15) is 5.26 Å². The Morgan fingerprint density at radius 3 is 1.70 bits per heavy atom. The summed E-state index contributed by atoms with van der Waals surface area (Å²) >= 11 is 0. The zero-order valence-corrected chi connectivity index (χ0v) is 32.1. The molecule has 0 saturated carbocycles. The molecule has 0 saturated heterocycles. The van der Waals surface area contributed by atoms with E-state index < -0.39 is 0 Å². The van der Waals surface area contributed by atoms with Crippen molar-refractivity contribution < 1.29 is 0 Å². The van der Waals surface area contributed by atoms with Crippen molar-refractivity contribution >= 4 is 71.0 Å². The van der Waals surface area contributed by atoms with Crippen molar-refractivity contribution in [3.63, 3.8) is 0 Å². The van der Waals surface area contributed by atoms with Crippen molar-refractivity contribution in [3.05, 3.63) is 205 Å². The van der Waals surface area contributed by atoms with E-state index in [1.807, 2.05) is 60.8 Å². The lowest BCUT2D eigenvalue weighted by Gasteiger charge is -2.26. The summed E-state index contributed by atoms with van der Waals surface area (Å²) in [5, 5.41) is 20.6. The fraction of sp³-hybridized carbons (Fsp3) is 0. The molecule has 60 heavy (non-hydrogen) atoms. The lowest BCUT2D eigenvalue weighted by Crippen LogP contribution is -2.09. The summed E-state index contributed by atoms with van der Waals surface area (Å²) in [4.78, 5) is 9.66. The first-order chi connectivity index (χ1) is 29.8. The molecule has 9 aromatic carbocycles. The second-order valence-corrected chi connectivity index (χ2v) is 15.2. The molecule has 3 aromatic heterocycles. The highest BCUT2D eigenvalue weighted by Crippen LogP contribution is 2.53. The first kappa shape index (κ1) is 33.6. The van der Waals surface area contributed by atoms with Gasteiger partial charge < -0.3 is 9.13 Å². The van der Waals surface area contributed by atoms with E-state index in [0.29, 0.717) is 28.2 Å². The molecular formula is C55H31N5. The maximum atomic E-state index is 11.7. The number of benzene rings is 9. The molecule has 0 unspecified atom stereocenters. The van der Waals surface area contributed by atoms with Crippen LogP contribution in [0.15, 0.2) is 188 Å². The first-order valence-electron chi connectivity index (χ1n) is 20.0. The zero-order valence-electron chi connectivity index (χ0n) is 32.1. The van der Waals surface area contributed by atoms with Crippen molar-refractivity contribution in [3.8, 4) is 50.8 Å². The molecule has 0 aliphatic rings. The summed E-state index contributed by atoms with van der Waals surface area (Å²) < 4.78 is 4.51. The molecule has 0 aliphatic carbocycles. The van der Waals surface area contributed by atoms with Gasteiger partial charge in [0, 0.05) is 44.4 Å². The van der Waals surface area contributed by atoms with Gasteiger partial charge in [-0.1, -0.05) is 164 Å². The molecule has 0 N–H and O–H groups in total. The third-order valence-corrected chi connectivity index (χ3v) is 12.2. The van der Waals surface area contributed by atoms with Gasteiger partial charge in [0.15, 0.2) is 0 Å². The Morgan fingerprint density at radius 1 is 0.467 bits per heavy atom. The summed E-state index contributed by atoms with van der Waals surface area (Å²) in [6, 6.07) is 65.4. The van der Waals surface area contributed by atoms with Crippen molar-refractivity contribution in [2.24, 2.45) is 0 Å². The number of aromatic nitrogens is 3. The Balaban J connectivity index is 1.39. The largest absolute Gasteiger partial charge is 0.307 e. The zero-order chi connectivity index (χ0) is 39.9. The number of nitriles is 1. The molecule has 0 bridgehead atoms. The maximum Gasteiger partial charge on any atom is 0.220 e. The third kappa shape index (κ3) is 4.57. The van der Waals surface area contributed by atoms with Crippen LogP contribution in [0.1, 0.15) is 5.56 Å². The van der Waals surface area contributed by atoms with E-state index in [1.165, 1.54) is 5.39 Å². The first-order valence-corrected chi connectivity index (χ1v) is 20.0. The van der Waals surface area contributed by atoms with Crippen molar-refractivity contribution in [1.29, 1.82) is 5.26 Å². The fourth-order valence-electron chi connectivity index (χ4n) is 9.83. The maximum absolute atomic E-state index is 11.7. The molecule has 0 fully saturated rings. The molecular weight excluding hydrogens is 731 g/mol. The lowest BCUT2D eigenvalue weighted by molar-refractivity contribution is 1.12. The van der Waals surface area contributed by atoms with Crippen LogP contribution in [0.5, 0.6) is 0 Å². The van der Waals surface area contributed by atoms with E-state index in [4.69, 9.17) is 11.6 Å². The molecule has 0 atom stereocenters. The standard InChI is InChI=1S/C55H31N5/c1-57-51-47(35-19-7-3-8-20-35)44(33-56)53(59-45-29-14-13-25-40(45)43-28-15-26-37(52(43)59)34-17-5-2-6-18-34)48(36-21-9-4-10-22-36)54(51)60-46-30-16-27-41-38-23-11-12-24-39(38)42-31-32-58-55(60)50(42)49(41)46/h2-32H. The molecule has 5 nitrogen and oxygen atoms in total. The van der Waals surface area contributed by atoms with Crippen LogP contribution in [0, 0.1) is 17.9 Å². The molecule has 3 heterocycles. The molecule has 276 valence electrons. The van der Waals surface area contributed by atoms with Crippen LogP contribution in [0.4, 0.5) is 5.69 Å². The Hall–Kier alpha value is -8.51. The summed E-state index contributed by atoms with van der Waals surface area (Å²) in [5.74, 6) is 0. The Bertz CT molecular complexity index is 3680. The topological polar surface area (TPSA) is 50.9 Å². The summed E-state index contributed by atoms with van der Waals surface area (Å²) in [5.41, 5.74) is 11.0. The molecule has 0 spiro atoms. The number of pyridine rings is 1. The molecule has 0 amide bonds. The minimum Gasteiger partial charge on any atom is -0.307 e. The Kier molecular flexibility index (Phi) is 7.29. The van der Waals surface area contributed by atoms with Crippen molar-refractivity contribution in [1.82, 2.24) is 14.1 Å². The van der Waals surface area contributed by atoms with Gasteiger partial charge in [-0.3, -0.25) is 0 Å². The van der Waals surface area contributed by atoms with E-state index in [1.54, 1.807) is 0 Å². The lowest BCUT2D eigenvalue weighted by atomic mass is 9.88. The van der Waals surface area contributed by atoms with E-state index in [0.717, 1.165) is 87.7 Å². The highest BCUT2D eigenvalue weighted by molar-refractivity contribution is 6.34. The fourth-order valence-corrected chi connectivity index (χ4v) is 9.83. The van der Waals surface area contributed by atoms with Crippen LogP contribution < -0.4 is 0 Å². The number of rotatable bonds is 5. The van der Waals surface area contributed by atoms with Gasteiger partial charge in [-0.15, -0.1) is 0 Å². The van der Waals surface area contributed by atoms with Crippen LogP contribution in [-0.2, 0) is 0 Å². The molecule has 12 aromatic rings. The van der Waals surface area contributed by atoms with Gasteiger partial charge in [0.05, 0.1) is 40.1 Å². The second kappa shape index (κ2) is 13.0. The van der Waals surface area contributed by atoms with Gasteiger partial charge in [0.2, 0.25) is 5.69 Å². The highest BCUT2D eigenvalue weighted by atomic mass is 15.1. The minimum absolute atomic E-state index is 0.387. The molecule has 0 radical (unpaired) electrons. The quantitative estimate of drug-likeness (QED) is 0.130. The number of para-hydroxylation sites is 2. The van der Waals surface area contributed by atoms with Crippen LogP contribution in [0.3, 0.4) is 0 Å². The van der Waals surface area contributed by atoms with Crippen molar-refractivity contribution in [2.45, 2.75) is 0 Å². The number of hydrogen-bond donors (Lipinski definition) is 0. The Labute approximate surface area is 345 Å². The normalized spacial score (nSPS) is 11.6. The van der Waals surface area contributed by atoms with Gasteiger partial charge in [-0.2, -0.15) is 5.26 Å². The van der Waals surface area contributed by atoms with Gasteiger partial charge >= 0.3 is 0 Å². The van der Waals surface area contributed by atoms with Crippen LogP contribution >= 0.6 is 0 Å². The predicted octanol–water partition coefficient (Wildman–Crippen LogP) is 14.4. The van der Waals surface area contributed by atoms with Crippen LogP contribution in [0.2, 0.25) is 0 Å². The summed E-state index contributed by atoms with van der Waals surface area (Å²) in [7, 11) is 0. The summed E-state index contributed by atoms with van der Waals surface area (Å²) in [6.07, 6.45) is 1.89. The Morgan fingerprint density at radius 2 is 1.02 bits per heavy atom. The number of hydrogen-bond acceptors (Lipinski definition) is 2. The van der Waals surface area contributed by atoms with Crippen LogP contribution in [0.25, 0.3) is 115 Å². The van der Waals surface area contributed by atoms with Crippen LogP contribution in [-0.4, -0.2) is 14.1 Å². The third-order valence-electron chi connectivity index (χ3n) is 12.2. The highest BCUT2D eigenvalue weighted by Gasteiger charge is 2.33. The minimum atomic E-state index is 0.387. The van der Waals surface area contributed by atoms with E-state index in [-0.39, 0.29) is 0 Å². The smallest absolute Gasteiger partial charge is 0.220 e. The van der Waals surface area contributed by atoms with E-state index in [2.05, 4.69) is 147 Å². The average Bonchev–Trinajstić information content (AvgIpc) is 3.84. The average molecular weight is 762 g/mol. The SMILES string of the molecule is [C-]#[N+]c1c(-c2ccccc2)c(C#N)c(-n2c3ccccc3c3cccc(-c4ccccc4)c32)c(-c2ccccc2)c1-n1c2cccc3c4ccccc4c4ccnc1c4c32. The molecule has 5 heteroatoms. The van der Waals surface area contributed by atoms with E-state index >= 15 is 0 Å². The van der Waals surface area contributed by atoms with Gasteiger partial charge in [-0.05, 0) is 56.4 Å². The van der Waals surface area contributed by atoms with Gasteiger partial charge in [0.25, 0.3) is 0 Å². The molecule has 0 aliphatic heterocycles. The summed E-state index contributed by atoms with van der Waals surface area (Å²) in [6.45, 7) is 9.16. The number of nitrogens with zero attached hydrogens (tertiary/aromatic N) is 5. The van der Waals surface area contributed by atoms with Gasteiger partial charge in [-0.25, -0.2) is 9.83 Å². The van der Waals surface area contributed by atoms with Gasteiger partial charge in [0.1, 0.15) is 11.7 Å². The number of fused-ring (bicyclic) bond motifs is 6. The van der Waals surface area contributed by atoms with Crippen molar-refractivity contribution in [2.75, 3.05) is 0 Å².